The molecular formula is C12H17N3O3. The highest BCUT2D eigenvalue weighted by Crippen LogP contribution is 2.31. The van der Waals surface area contributed by atoms with E-state index in [-0.39, 0.29) is 6.10 Å². The normalized spacial score (nSPS) is 12.7. The zero-order valence-corrected chi connectivity index (χ0v) is 10.7. The Kier molecular flexibility index (Phi) is 3.69. The summed E-state index contributed by atoms with van der Waals surface area (Å²) in [4.78, 5) is 7.61. The van der Waals surface area contributed by atoms with Crippen LogP contribution in [0.1, 0.15) is 11.9 Å². The molecule has 6 heteroatoms. The minimum atomic E-state index is -0.241. The fraction of sp³-hybridized carbons (Fsp3) is 0.417. The van der Waals surface area contributed by atoms with Crippen molar-refractivity contribution in [3.63, 3.8) is 0 Å². The Morgan fingerprint density at radius 3 is 2.44 bits per heavy atom. The molecule has 0 amide bonds. The molecule has 0 aliphatic heterocycles. The third kappa shape index (κ3) is 2.12. The van der Waals surface area contributed by atoms with Crippen molar-refractivity contribution in [3.8, 4) is 11.5 Å². The number of methoxy groups -OCH3 is 3. The number of nitrogens with zero attached hydrogens (tertiary/aromatic N) is 1. The van der Waals surface area contributed by atoms with Gasteiger partial charge >= 0.3 is 0 Å². The lowest BCUT2D eigenvalue weighted by Gasteiger charge is -2.08. The minimum absolute atomic E-state index is 0.241. The molecule has 3 N–H and O–H groups in total. The molecular weight excluding hydrogens is 234 g/mol. The Balaban J connectivity index is 2.50. The van der Waals surface area contributed by atoms with E-state index in [0.29, 0.717) is 23.9 Å². The molecule has 0 saturated carbocycles. The largest absolute Gasteiger partial charge is 0.493 e. The van der Waals surface area contributed by atoms with Crippen LogP contribution < -0.4 is 15.2 Å². The van der Waals surface area contributed by atoms with Crippen LogP contribution in [-0.4, -0.2) is 37.8 Å². The van der Waals surface area contributed by atoms with Gasteiger partial charge in [-0.15, -0.1) is 0 Å². The summed E-state index contributed by atoms with van der Waals surface area (Å²) in [7, 11) is 4.79. The van der Waals surface area contributed by atoms with E-state index in [0.717, 1.165) is 11.0 Å². The van der Waals surface area contributed by atoms with E-state index in [1.54, 1.807) is 21.3 Å². The van der Waals surface area contributed by atoms with Gasteiger partial charge in [0.05, 0.1) is 25.3 Å². The van der Waals surface area contributed by atoms with Crippen molar-refractivity contribution < 1.29 is 14.2 Å². The van der Waals surface area contributed by atoms with Gasteiger partial charge in [0, 0.05) is 25.8 Å². The number of hydrogen-bond donors (Lipinski definition) is 2. The summed E-state index contributed by atoms with van der Waals surface area (Å²) in [5.74, 6) is 2.00. The first-order valence-electron chi connectivity index (χ1n) is 5.58. The molecule has 0 saturated heterocycles. The lowest BCUT2D eigenvalue weighted by Crippen LogP contribution is -2.15. The Morgan fingerprint density at radius 2 is 1.89 bits per heavy atom. The number of nitrogens with two attached hydrogens (primary N) is 1. The monoisotopic (exact) mass is 251 g/mol. The maximum atomic E-state index is 5.61. The second-order valence-electron chi connectivity index (χ2n) is 3.81. The van der Waals surface area contributed by atoms with Crippen molar-refractivity contribution in [1.82, 2.24) is 9.97 Å². The number of hydrogen-bond acceptors (Lipinski definition) is 5. The number of aromatic nitrogens is 2. The average Bonchev–Trinajstić information content (AvgIpc) is 2.80. The summed E-state index contributed by atoms with van der Waals surface area (Å²) in [6.07, 6.45) is -0.241. The highest BCUT2D eigenvalue weighted by atomic mass is 16.5. The van der Waals surface area contributed by atoms with Crippen molar-refractivity contribution in [2.45, 2.75) is 6.10 Å². The van der Waals surface area contributed by atoms with Gasteiger partial charge < -0.3 is 24.9 Å². The molecule has 1 atom stereocenters. The van der Waals surface area contributed by atoms with Crippen LogP contribution >= 0.6 is 0 Å². The van der Waals surface area contributed by atoms with Gasteiger partial charge in [-0.2, -0.15) is 0 Å². The lowest BCUT2D eigenvalue weighted by molar-refractivity contribution is 0.104. The molecule has 0 bridgehead atoms. The van der Waals surface area contributed by atoms with Crippen LogP contribution in [0.2, 0.25) is 0 Å². The van der Waals surface area contributed by atoms with E-state index in [2.05, 4.69) is 9.97 Å². The number of ether oxygens (including phenoxy) is 3. The van der Waals surface area contributed by atoms with Crippen molar-refractivity contribution >= 4 is 11.0 Å². The highest BCUT2D eigenvalue weighted by molar-refractivity contribution is 5.79. The van der Waals surface area contributed by atoms with Crippen molar-refractivity contribution in [2.75, 3.05) is 27.9 Å². The number of nitrogens with one attached hydrogen (secondary N) is 1. The predicted octanol–water partition coefficient (Wildman–Crippen LogP) is 1.23. The number of fused-ring (bicyclic) bond motifs is 1. The number of H-pyrrole nitrogens is 1. The zero-order chi connectivity index (χ0) is 13.1. The van der Waals surface area contributed by atoms with E-state index in [1.807, 2.05) is 12.1 Å². The molecule has 0 aliphatic rings. The van der Waals surface area contributed by atoms with Gasteiger partial charge in [-0.05, 0) is 0 Å². The van der Waals surface area contributed by atoms with Crippen molar-refractivity contribution in [3.05, 3.63) is 18.0 Å². The molecule has 98 valence electrons. The molecule has 0 radical (unpaired) electrons. The molecule has 1 unspecified atom stereocenters. The topological polar surface area (TPSA) is 82.4 Å². The third-order valence-electron chi connectivity index (χ3n) is 2.81. The molecule has 6 nitrogen and oxygen atoms in total. The van der Waals surface area contributed by atoms with Gasteiger partial charge in [-0.3, -0.25) is 0 Å². The van der Waals surface area contributed by atoms with Gasteiger partial charge in [0.2, 0.25) is 0 Å². The fourth-order valence-electron chi connectivity index (χ4n) is 1.83. The molecule has 0 aliphatic carbocycles. The Hall–Kier alpha value is -1.79. The molecule has 2 aromatic rings. The zero-order valence-electron chi connectivity index (χ0n) is 10.7. The first-order valence-corrected chi connectivity index (χ1v) is 5.58. The van der Waals surface area contributed by atoms with Crippen LogP contribution in [-0.2, 0) is 4.74 Å². The van der Waals surface area contributed by atoms with Crippen LogP contribution in [0.25, 0.3) is 11.0 Å². The minimum Gasteiger partial charge on any atom is -0.493 e. The molecule has 1 aromatic carbocycles. The smallest absolute Gasteiger partial charge is 0.163 e. The quantitative estimate of drug-likeness (QED) is 0.835. The van der Waals surface area contributed by atoms with Crippen LogP contribution in [0, 0.1) is 0 Å². The van der Waals surface area contributed by atoms with Crippen molar-refractivity contribution in [2.24, 2.45) is 5.73 Å². The standard InChI is InChI=1S/C12H17N3O3/c1-16-9-4-7-8(5-10(9)17-2)15-12(14-7)11(6-13)18-3/h4-5,11H,6,13H2,1-3H3,(H,14,15). The number of aromatic amines is 1. The molecule has 1 aromatic heterocycles. The number of rotatable bonds is 5. The molecule has 18 heavy (non-hydrogen) atoms. The fourth-order valence-corrected chi connectivity index (χ4v) is 1.83. The SMILES string of the molecule is COc1cc2nc(C(CN)OC)[nH]c2cc1OC. The van der Waals surface area contributed by atoms with Gasteiger partial charge in [-0.25, -0.2) is 4.98 Å². The maximum absolute atomic E-state index is 5.61. The van der Waals surface area contributed by atoms with Gasteiger partial charge in [-0.1, -0.05) is 0 Å². The molecule has 1 heterocycles. The van der Waals surface area contributed by atoms with Crippen LogP contribution in [0.4, 0.5) is 0 Å². The van der Waals surface area contributed by atoms with Crippen LogP contribution in [0.15, 0.2) is 12.1 Å². The molecule has 2 rings (SSSR count). The molecule has 0 spiro atoms. The van der Waals surface area contributed by atoms with E-state index in [1.165, 1.54) is 0 Å². The maximum Gasteiger partial charge on any atom is 0.163 e. The van der Waals surface area contributed by atoms with Gasteiger partial charge in [0.15, 0.2) is 11.5 Å². The number of benzene rings is 1. The van der Waals surface area contributed by atoms with Gasteiger partial charge in [0.25, 0.3) is 0 Å². The second-order valence-corrected chi connectivity index (χ2v) is 3.81. The summed E-state index contributed by atoms with van der Waals surface area (Å²) in [6.45, 7) is 0.366. The van der Waals surface area contributed by atoms with E-state index in [9.17, 15) is 0 Å². The Labute approximate surface area is 105 Å². The summed E-state index contributed by atoms with van der Waals surface area (Å²) >= 11 is 0. The highest BCUT2D eigenvalue weighted by Gasteiger charge is 2.15. The lowest BCUT2D eigenvalue weighted by atomic mass is 10.3. The summed E-state index contributed by atoms with van der Waals surface area (Å²) in [5, 5.41) is 0. The Morgan fingerprint density at radius 1 is 1.22 bits per heavy atom. The van der Waals surface area contributed by atoms with E-state index in [4.69, 9.17) is 19.9 Å². The van der Waals surface area contributed by atoms with Crippen LogP contribution in [0.3, 0.4) is 0 Å². The number of imidazole rings is 1. The van der Waals surface area contributed by atoms with Gasteiger partial charge in [0.1, 0.15) is 11.9 Å². The summed E-state index contributed by atoms with van der Waals surface area (Å²) in [5.41, 5.74) is 7.26. The molecule has 0 fully saturated rings. The second kappa shape index (κ2) is 5.24. The summed E-state index contributed by atoms with van der Waals surface area (Å²) < 4.78 is 15.7. The third-order valence-corrected chi connectivity index (χ3v) is 2.81. The Bertz CT molecular complexity index is 494. The predicted molar refractivity (Wildman–Crippen MR) is 68.0 cm³/mol. The first kappa shape index (κ1) is 12.7. The van der Waals surface area contributed by atoms with Crippen molar-refractivity contribution in [1.29, 1.82) is 0 Å². The van der Waals surface area contributed by atoms with E-state index >= 15 is 0 Å². The van der Waals surface area contributed by atoms with E-state index < -0.39 is 0 Å². The summed E-state index contributed by atoms with van der Waals surface area (Å²) in [6, 6.07) is 3.66. The average molecular weight is 251 g/mol. The first-order chi connectivity index (χ1) is 8.73. The van der Waals surface area contributed by atoms with Crippen LogP contribution in [0.5, 0.6) is 11.5 Å².